The smallest absolute Gasteiger partial charge is 0.272 e. The fourth-order valence-corrected chi connectivity index (χ4v) is 6.12. The zero-order valence-electron chi connectivity index (χ0n) is 26.2. The summed E-state index contributed by atoms with van der Waals surface area (Å²) in [6.45, 7) is 1.81. The number of anilines is 2. The Kier molecular flexibility index (Phi) is 11.5. The molecule has 3 amide bonds. The molecule has 0 radical (unpaired) electrons. The minimum Gasteiger partial charge on any atom is -0.497 e. The topological polar surface area (TPSA) is 119 Å². The monoisotopic (exact) mass is 698 g/mol. The molecule has 0 saturated carbocycles. The van der Waals surface area contributed by atoms with Crippen molar-refractivity contribution in [1.29, 1.82) is 0 Å². The third-order valence-corrected chi connectivity index (χ3v) is 9.06. The van der Waals surface area contributed by atoms with Gasteiger partial charge in [0.1, 0.15) is 17.2 Å². The van der Waals surface area contributed by atoms with Gasteiger partial charge in [-0.05, 0) is 73.7 Å². The van der Waals surface area contributed by atoms with Crippen LogP contribution in [-0.4, -0.2) is 42.2 Å². The van der Waals surface area contributed by atoms with Crippen molar-refractivity contribution in [1.82, 2.24) is 10.3 Å². The SMILES string of the molecule is COc1ccc(/C=C(\NC(=O)c2ccccc2)C(=O)Nc2ccc(SC(C)C(=O)Nc3nc(-c4ccc(Cl)cc4)cs3)cc2)c(OC)c1. The molecule has 1 atom stereocenters. The molecule has 1 heterocycles. The molecule has 9 nitrogen and oxygen atoms in total. The normalized spacial score (nSPS) is 11.7. The standard InChI is InChI=1S/C36H31ClN4O5S2/c1-22(33(42)41-36-40-31(21-47-36)23-9-12-26(37)13-10-23)48-29-17-14-27(15-18-29)38-35(44)30(39-34(43)24-7-5-4-6-8-24)19-25-11-16-28(45-2)20-32(25)46-3/h4-22H,1-3H3,(H,38,44)(H,39,43)(H,40,41,42)/b30-19-. The molecule has 5 rings (SSSR count). The van der Waals surface area contributed by atoms with Gasteiger partial charge in [0.25, 0.3) is 11.8 Å². The van der Waals surface area contributed by atoms with E-state index in [1.54, 1.807) is 86.0 Å². The highest BCUT2D eigenvalue weighted by Crippen LogP contribution is 2.30. The molecule has 0 aliphatic carbocycles. The number of aromatic nitrogens is 1. The number of ether oxygens (including phenoxy) is 2. The summed E-state index contributed by atoms with van der Waals surface area (Å²) in [6.07, 6.45) is 1.54. The molecule has 3 N–H and O–H groups in total. The van der Waals surface area contributed by atoms with E-state index < -0.39 is 17.1 Å². The number of rotatable bonds is 12. The number of thioether (sulfide) groups is 1. The molecule has 0 saturated heterocycles. The van der Waals surface area contributed by atoms with E-state index in [0.29, 0.717) is 38.5 Å². The number of carbonyl (C=O) groups excluding carboxylic acids is 3. The van der Waals surface area contributed by atoms with Crippen molar-refractivity contribution in [2.75, 3.05) is 24.9 Å². The molecule has 48 heavy (non-hydrogen) atoms. The molecular formula is C36H31ClN4O5S2. The quantitative estimate of drug-likeness (QED) is 0.0892. The van der Waals surface area contributed by atoms with E-state index in [2.05, 4.69) is 20.9 Å². The molecule has 1 unspecified atom stereocenters. The van der Waals surface area contributed by atoms with E-state index in [1.165, 1.54) is 30.2 Å². The van der Waals surface area contributed by atoms with E-state index in [0.717, 1.165) is 16.2 Å². The second kappa shape index (κ2) is 16.1. The molecule has 0 spiro atoms. The zero-order valence-corrected chi connectivity index (χ0v) is 28.5. The first-order valence-corrected chi connectivity index (χ1v) is 16.8. The van der Waals surface area contributed by atoms with Gasteiger partial charge >= 0.3 is 0 Å². The summed E-state index contributed by atoms with van der Waals surface area (Å²) in [5, 5.41) is 11.1. The summed E-state index contributed by atoms with van der Waals surface area (Å²) in [5.41, 5.74) is 3.14. The van der Waals surface area contributed by atoms with Gasteiger partial charge in [0.15, 0.2) is 5.13 Å². The highest BCUT2D eigenvalue weighted by molar-refractivity contribution is 8.00. The lowest BCUT2D eigenvalue weighted by atomic mass is 10.1. The van der Waals surface area contributed by atoms with Crippen molar-refractivity contribution in [3.8, 4) is 22.8 Å². The average molecular weight is 699 g/mol. The molecule has 244 valence electrons. The first-order chi connectivity index (χ1) is 23.2. The maximum absolute atomic E-state index is 13.5. The summed E-state index contributed by atoms with van der Waals surface area (Å²) in [6, 6.07) is 28.2. The Morgan fingerprint density at radius 2 is 1.62 bits per heavy atom. The fraction of sp³-hybridized carbons (Fsp3) is 0.111. The number of hydrogen-bond donors (Lipinski definition) is 3. The number of benzene rings is 4. The third-order valence-electron chi connectivity index (χ3n) is 6.94. The maximum atomic E-state index is 13.5. The first-order valence-electron chi connectivity index (χ1n) is 14.6. The van der Waals surface area contributed by atoms with Crippen molar-refractivity contribution < 1.29 is 23.9 Å². The average Bonchev–Trinajstić information content (AvgIpc) is 3.57. The molecular weight excluding hydrogens is 668 g/mol. The predicted molar refractivity (Wildman–Crippen MR) is 193 cm³/mol. The number of hydrogen-bond acceptors (Lipinski definition) is 8. The van der Waals surface area contributed by atoms with E-state index in [4.69, 9.17) is 21.1 Å². The Balaban J connectivity index is 1.24. The van der Waals surface area contributed by atoms with Crippen LogP contribution < -0.4 is 25.4 Å². The minimum absolute atomic E-state index is 0.0115. The van der Waals surface area contributed by atoms with Crippen LogP contribution in [0.25, 0.3) is 17.3 Å². The summed E-state index contributed by atoms with van der Waals surface area (Å²) >= 11 is 8.70. The van der Waals surface area contributed by atoms with Gasteiger partial charge in [0.2, 0.25) is 5.91 Å². The van der Waals surface area contributed by atoms with Gasteiger partial charge < -0.3 is 25.4 Å². The fourth-order valence-electron chi connectivity index (χ4n) is 4.40. The van der Waals surface area contributed by atoms with Gasteiger partial charge in [-0.1, -0.05) is 41.9 Å². The number of amides is 3. The number of halogens is 1. The third kappa shape index (κ3) is 9.03. The maximum Gasteiger partial charge on any atom is 0.272 e. The van der Waals surface area contributed by atoms with Crippen LogP contribution in [-0.2, 0) is 9.59 Å². The number of nitrogens with one attached hydrogen (secondary N) is 3. The summed E-state index contributed by atoms with van der Waals surface area (Å²) in [4.78, 5) is 44.8. The zero-order chi connectivity index (χ0) is 34.0. The van der Waals surface area contributed by atoms with Crippen LogP contribution in [0.3, 0.4) is 0 Å². The molecule has 0 aliphatic rings. The van der Waals surface area contributed by atoms with Gasteiger partial charge in [0, 0.05) is 43.7 Å². The Bertz CT molecular complexity index is 1930. The molecule has 1 aromatic heterocycles. The van der Waals surface area contributed by atoms with E-state index in [1.807, 2.05) is 36.6 Å². The summed E-state index contributed by atoms with van der Waals surface area (Å²) < 4.78 is 10.8. The van der Waals surface area contributed by atoms with E-state index in [9.17, 15) is 14.4 Å². The van der Waals surface area contributed by atoms with E-state index >= 15 is 0 Å². The minimum atomic E-state index is -0.535. The number of nitrogens with zero attached hydrogens (tertiary/aromatic N) is 1. The van der Waals surface area contributed by atoms with Crippen molar-refractivity contribution >= 4 is 69.3 Å². The molecule has 5 aromatic rings. The first kappa shape index (κ1) is 34.2. The Labute approximate surface area is 291 Å². The molecule has 0 bridgehead atoms. The highest BCUT2D eigenvalue weighted by atomic mass is 35.5. The van der Waals surface area contributed by atoms with Crippen molar-refractivity contribution in [3.05, 3.63) is 124 Å². The Hall–Kier alpha value is -5.10. The second-order valence-corrected chi connectivity index (χ2v) is 13.0. The largest absolute Gasteiger partial charge is 0.497 e. The Morgan fingerprint density at radius 3 is 2.31 bits per heavy atom. The van der Waals surface area contributed by atoms with Crippen molar-refractivity contribution in [3.63, 3.8) is 0 Å². The van der Waals surface area contributed by atoms with Crippen LogP contribution in [0.15, 0.2) is 113 Å². The molecule has 12 heteroatoms. The lowest BCUT2D eigenvalue weighted by Crippen LogP contribution is -2.30. The van der Waals surface area contributed by atoms with Crippen molar-refractivity contribution in [2.45, 2.75) is 17.1 Å². The Morgan fingerprint density at radius 1 is 0.896 bits per heavy atom. The predicted octanol–water partition coefficient (Wildman–Crippen LogP) is 8.01. The molecule has 4 aromatic carbocycles. The van der Waals surface area contributed by atoms with Gasteiger partial charge in [-0.3, -0.25) is 14.4 Å². The van der Waals surface area contributed by atoms with Crippen LogP contribution in [0.4, 0.5) is 10.8 Å². The summed E-state index contributed by atoms with van der Waals surface area (Å²) in [7, 11) is 3.06. The summed E-state index contributed by atoms with van der Waals surface area (Å²) in [5.74, 6) is -0.119. The van der Waals surface area contributed by atoms with Gasteiger partial charge in [0.05, 0.1) is 25.2 Å². The van der Waals surface area contributed by atoms with Crippen LogP contribution in [0, 0.1) is 0 Å². The second-order valence-electron chi connectivity index (χ2n) is 10.3. The van der Waals surface area contributed by atoms with Crippen molar-refractivity contribution in [2.24, 2.45) is 0 Å². The number of thiazole rings is 1. The van der Waals surface area contributed by atoms with Gasteiger partial charge in [-0.2, -0.15) is 0 Å². The van der Waals surface area contributed by atoms with Gasteiger partial charge in [-0.25, -0.2) is 4.98 Å². The van der Waals surface area contributed by atoms with Crippen LogP contribution in [0.2, 0.25) is 5.02 Å². The van der Waals surface area contributed by atoms with Crippen LogP contribution >= 0.6 is 34.7 Å². The highest BCUT2D eigenvalue weighted by Gasteiger charge is 2.19. The molecule has 0 fully saturated rings. The van der Waals surface area contributed by atoms with Crippen LogP contribution in [0.1, 0.15) is 22.8 Å². The van der Waals surface area contributed by atoms with Crippen LogP contribution in [0.5, 0.6) is 11.5 Å². The lowest BCUT2D eigenvalue weighted by molar-refractivity contribution is -0.115. The number of methoxy groups -OCH3 is 2. The molecule has 0 aliphatic heterocycles. The number of carbonyl (C=O) groups is 3. The van der Waals surface area contributed by atoms with E-state index in [-0.39, 0.29) is 11.6 Å². The van der Waals surface area contributed by atoms with Gasteiger partial charge in [-0.15, -0.1) is 23.1 Å². The lowest BCUT2D eigenvalue weighted by Gasteiger charge is -2.14.